The number of carbonyl (C=O) groups excluding carboxylic acids is 2. The SMILES string of the molecule is O=C(CCn1ncc(=O)c2ccccc21)NNC(=O)Cc1ccc(Cl)cc1. The van der Waals surface area contributed by atoms with Gasteiger partial charge >= 0.3 is 0 Å². The van der Waals surface area contributed by atoms with E-state index in [1.807, 2.05) is 0 Å². The number of rotatable bonds is 5. The van der Waals surface area contributed by atoms with Gasteiger partial charge in [0.05, 0.1) is 24.7 Å². The first kappa shape index (κ1) is 18.6. The Morgan fingerprint density at radius 1 is 1.00 bits per heavy atom. The standard InChI is InChI=1S/C19H17ClN4O3/c20-14-7-5-13(6-8-14)11-19(27)23-22-18(26)9-10-24-16-4-2-1-3-15(16)17(25)12-21-24/h1-8,12H,9-11H2,(H,22,26)(H,23,27). The molecule has 0 radical (unpaired) electrons. The molecule has 0 fully saturated rings. The highest BCUT2D eigenvalue weighted by atomic mass is 35.5. The van der Waals surface area contributed by atoms with Crippen LogP contribution >= 0.6 is 11.6 Å². The van der Waals surface area contributed by atoms with Crippen molar-refractivity contribution in [3.63, 3.8) is 0 Å². The van der Waals surface area contributed by atoms with E-state index in [1.54, 1.807) is 53.2 Å². The number of aryl methyl sites for hydroxylation is 1. The number of hydrazine groups is 1. The topological polar surface area (TPSA) is 93.1 Å². The summed E-state index contributed by atoms with van der Waals surface area (Å²) in [6, 6.07) is 14.0. The molecule has 2 aromatic carbocycles. The maximum atomic E-state index is 12.0. The molecule has 1 aromatic heterocycles. The van der Waals surface area contributed by atoms with Gasteiger partial charge in [0.2, 0.25) is 17.2 Å². The molecule has 7 nitrogen and oxygen atoms in total. The van der Waals surface area contributed by atoms with Gasteiger partial charge in [-0.1, -0.05) is 35.9 Å². The summed E-state index contributed by atoms with van der Waals surface area (Å²) < 4.78 is 1.59. The van der Waals surface area contributed by atoms with Crippen LogP contribution in [0.3, 0.4) is 0 Å². The number of nitrogens with zero attached hydrogens (tertiary/aromatic N) is 2. The van der Waals surface area contributed by atoms with Crippen LogP contribution in [0.4, 0.5) is 0 Å². The van der Waals surface area contributed by atoms with Crippen molar-refractivity contribution in [1.82, 2.24) is 20.6 Å². The van der Waals surface area contributed by atoms with Gasteiger partial charge in [0.15, 0.2) is 0 Å². The molecule has 8 heteroatoms. The molecule has 138 valence electrons. The molecule has 27 heavy (non-hydrogen) atoms. The summed E-state index contributed by atoms with van der Waals surface area (Å²) in [5, 5.41) is 5.20. The lowest BCUT2D eigenvalue weighted by atomic mass is 10.1. The zero-order valence-corrected chi connectivity index (χ0v) is 15.1. The quantitative estimate of drug-likeness (QED) is 0.656. The molecule has 2 N–H and O–H groups in total. The minimum Gasteiger partial charge on any atom is -0.287 e. The predicted molar refractivity (Wildman–Crippen MR) is 102 cm³/mol. The van der Waals surface area contributed by atoms with E-state index in [9.17, 15) is 14.4 Å². The van der Waals surface area contributed by atoms with Gasteiger partial charge in [-0.15, -0.1) is 0 Å². The van der Waals surface area contributed by atoms with Crippen molar-refractivity contribution < 1.29 is 9.59 Å². The fourth-order valence-electron chi connectivity index (χ4n) is 2.58. The number of halogens is 1. The van der Waals surface area contributed by atoms with Crippen molar-refractivity contribution >= 4 is 34.3 Å². The summed E-state index contributed by atoms with van der Waals surface area (Å²) in [5.41, 5.74) is 6.03. The number of para-hydroxylation sites is 1. The largest absolute Gasteiger partial charge is 0.287 e. The summed E-state index contributed by atoms with van der Waals surface area (Å²) in [4.78, 5) is 35.7. The number of hydrogen-bond acceptors (Lipinski definition) is 4. The van der Waals surface area contributed by atoms with Crippen LogP contribution in [0, 0.1) is 0 Å². The van der Waals surface area contributed by atoms with Gasteiger partial charge in [0.1, 0.15) is 0 Å². The molecular formula is C19H17ClN4O3. The van der Waals surface area contributed by atoms with E-state index < -0.39 is 0 Å². The minimum absolute atomic E-state index is 0.0983. The average Bonchev–Trinajstić information content (AvgIpc) is 2.68. The highest BCUT2D eigenvalue weighted by Crippen LogP contribution is 2.10. The Bertz CT molecular complexity index is 1030. The zero-order valence-electron chi connectivity index (χ0n) is 14.3. The fraction of sp³-hybridized carbons (Fsp3) is 0.158. The van der Waals surface area contributed by atoms with Crippen LogP contribution in [0.25, 0.3) is 10.9 Å². The van der Waals surface area contributed by atoms with E-state index in [0.29, 0.717) is 15.9 Å². The van der Waals surface area contributed by atoms with Gasteiger partial charge in [-0.3, -0.25) is 29.9 Å². The van der Waals surface area contributed by atoms with Gasteiger partial charge in [-0.05, 0) is 29.8 Å². The second kappa shape index (κ2) is 8.46. The third kappa shape index (κ3) is 4.92. The number of hydrogen-bond donors (Lipinski definition) is 2. The molecule has 3 aromatic rings. The number of fused-ring (bicyclic) bond motifs is 1. The van der Waals surface area contributed by atoms with Crippen LogP contribution in [0.5, 0.6) is 0 Å². The maximum Gasteiger partial charge on any atom is 0.242 e. The number of amides is 2. The van der Waals surface area contributed by atoms with Crippen LogP contribution in [0.2, 0.25) is 5.02 Å². The lowest BCUT2D eigenvalue weighted by molar-refractivity contribution is -0.128. The Balaban J connectivity index is 1.51. The third-order valence-electron chi connectivity index (χ3n) is 3.93. The molecule has 1 heterocycles. The molecule has 0 saturated heterocycles. The van der Waals surface area contributed by atoms with Crippen molar-refractivity contribution in [2.45, 2.75) is 19.4 Å². The van der Waals surface area contributed by atoms with Gasteiger partial charge in [-0.25, -0.2) is 0 Å². The van der Waals surface area contributed by atoms with E-state index in [2.05, 4.69) is 16.0 Å². The fourth-order valence-corrected chi connectivity index (χ4v) is 2.71. The van der Waals surface area contributed by atoms with E-state index in [4.69, 9.17) is 11.6 Å². The lowest BCUT2D eigenvalue weighted by Gasteiger charge is -2.10. The van der Waals surface area contributed by atoms with E-state index in [1.165, 1.54) is 6.20 Å². The summed E-state index contributed by atoms with van der Waals surface area (Å²) in [6.07, 6.45) is 1.46. The van der Waals surface area contributed by atoms with Gasteiger partial charge in [0, 0.05) is 16.8 Å². The van der Waals surface area contributed by atoms with E-state index in [-0.39, 0.29) is 36.6 Å². The Labute approximate surface area is 159 Å². The van der Waals surface area contributed by atoms with Crippen LogP contribution in [-0.2, 0) is 22.6 Å². The van der Waals surface area contributed by atoms with Gasteiger partial charge in [-0.2, -0.15) is 5.10 Å². The molecule has 0 aliphatic carbocycles. The van der Waals surface area contributed by atoms with Gasteiger partial charge < -0.3 is 0 Å². The summed E-state index contributed by atoms with van der Waals surface area (Å²) in [6.45, 7) is 0.277. The normalized spacial score (nSPS) is 10.6. The molecule has 2 amide bonds. The summed E-state index contributed by atoms with van der Waals surface area (Å²) in [5.74, 6) is -0.693. The Morgan fingerprint density at radius 3 is 2.48 bits per heavy atom. The number of carbonyl (C=O) groups is 2. The van der Waals surface area contributed by atoms with Crippen LogP contribution in [0.1, 0.15) is 12.0 Å². The van der Waals surface area contributed by atoms with Crippen molar-refractivity contribution in [2.24, 2.45) is 0 Å². The predicted octanol–water partition coefficient (Wildman–Crippen LogP) is 1.83. The summed E-state index contributed by atoms with van der Waals surface area (Å²) >= 11 is 5.80. The molecule has 0 aliphatic rings. The summed E-state index contributed by atoms with van der Waals surface area (Å²) in [7, 11) is 0. The molecule has 0 unspecified atom stereocenters. The van der Waals surface area contributed by atoms with E-state index in [0.717, 1.165) is 5.56 Å². The zero-order chi connectivity index (χ0) is 19.2. The molecule has 0 bridgehead atoms. The average molecular weight is 385 g/mol. The smallest absolute Gasteiger partial charge is 0.242 e. The van der Waals surface area contributed by atoms with Crippen LogP contribution in [0.15, 0.2) is 59.5 Å². The number of aromatic nitrogens is 2. The Morgan fingerprint density at radius 2 is 1.70 bits per heavy atom. The molecule has 3 rings (SSSR count). The third-order valence-corrected chi connectivity index (χ3v) is 4.18. The maximum absolute atomic E-state index is 12.0. The molecule has 0 atom stereocenters. The van der Waals surface area contributed by atoms with Crippen molar-refractivity contribution in [3.8, 4) is 0 Å². The van der Waals surface area contributed by atoms with Crippen molar-refractivity contribution in [2.75, 3.05) is 0 Å². The molecule has 0 spiro atoms. The first-order chi connectivity index (χ1) is 13.0. The van der Waals surface area contributed by atoms with Gasteiger partial charge in [0.25, 0.3) is 0 Å². The highest BCUT2D eigenvalue weighted by molar-refractivity contribution is 6.30. The minimum atomic E-state index is -0.357. The molecule has 0 saturated carbocycles. The first-order valence-corrected chi connectivity index (χ1v) is 8.68. The number of benzene rings is 2. The second-order valence-corrected chi connectivity index (χ2v) is 6.34. The first-order valence-electron chi connectivity index (χ1n) is 8.30. The highest BCUT2D eigenvalue weighted by Gasteiger charge is 2.08. The molecule has 0 aliphatic heterocycles. The van der Waals surface area contributed by atoms with Crippen LogP contribution in [-0.4, -0.2) is 21.6 Å². The van der Waals surface area contributed by atoms with Crippen molar-refractivity contribution in [3.05, 3.63) is 75.5 Å². The Hall–Kier alpha value is -3.19. The number of nitrogens with one attached hydrogen (secondary N) is 2. The lowest BCUT2D eigenvalue weighted by Crippen LogP contribution is -2.42. The van der Waals surface area contributed by atoms with E-state index >= 15 is 0 Å². The molecular weight excluding hydrogens is 368 g/mol. The van der Waals surface area contributed by atoms with Crippen molar-refractivity contribution in [1.29, 1.82) is 0 Å². The monoisotopic (exact) mass is 384 g/mol. The van der Waals surface area contributed by atoms with Crippen LogP contribution < -0.4 is 16.3 Å². The second-order valence-electron chi connectivity index (χ2n) is 5.90. The Kier molecular flexibility index (Phi) is 5.83.